The Labute approximate surface area is 62.9 Å². The molecule has 0 saturated carbocycles. The molecular formula is C10H14. The molecule has 0 atom stereocenters. The molecular weight excluding hydrogens is 120 g/mol. The van der Waals surface area contributed by atoms with Gasteiger partial charge in [-0.3, -0.25) is 0 Å². The van der Waals surface area contributed by atoms with E-state index in [-0.39, 0.29) is 0 Å². The van der Waals surface area contributed by atoms with Crippen molar-refractivity contribution >= 4 is 0 Å². The molecule has 1 rings (SSSR count). The van der Waals surface area contributed by atoms with Gasteiger partial charge in [0.05, 0.1) is 0 Å². The monoisotopic (exact) mass is 134 g/mol. The molecule has 0 aromatic carbocycles. The lowest BCUT2D eigenvalue weighted by molar-refractivity contribution is 1.09. The van der Waals surface area contributed by atoms with Crippen LogP contribution in [-0.4, -0.2) is 0 Å². The minimum Gasteiger partial charge on any atom is -0.0841 e. The third kappa shape index (κ3) is 1.60. The third-order valence-electron chi connectivity index (χ3n) is 1.89. The van der Waals surface area contributed by atoms with E-state index < -0.39 is 0 Å². The summed E-state index contributed by atoms with van der Waals surface area (Å²) in [5.41, 5.74) is 2.89. The van der Waals surface area contributed by atoms with Crippen LogP contribution in [0.5, 0.6) is 0 Å². The minimum absolute atomic E-state index is 1.12. The van der Waals surface area contributed by atoms with Crippen LogP contribution in [0.3, 0.4) is 0 Å². The molecule has 0 nitrogen and oxygen atoms in total. The van der Waals surface area contributed by atoms with Crippen molar-refractivity contribution in [1.29, 1.82) is 0 Å². The molecule has 0 saturated heterocycles. The van der Waals surface area contributed by atoms with Gasteiger partial charge in [-0.05, 0) is 25.3 Å². The fourth-order valence-electron chi connectivity index (χ4n) is 1.08. The Morgan fingerprint density at radius 2 is 2.30 bits per heavy atom. The second kappa shape index (κ2) is 3.40. The molecule has 1 aliphatic rings. The first-order chi connectivity index (χ1) is 4.86. The molecule has 0 bridgehead atoms. The smallest absolute Gasteiger partial charge is 0.00949 e. The highest BCUT2D eigenvalue weighted by Crippen LogP contribution is 2.16. The first-order valence-corrected chi connectivity index (χ1v) is 3.89. The van der Waals surface area contributed by atoms with Gasteiger partial charge in [0, 0.05) is 0 Å². The van der Waals surface area contributed by atoms with E-state index in [4.69, 9.17) is 0 Å². The van der Waals surface area contributed by atoms with Gasteiger partial charge in [0.1, 0.15) is 0 Å². The van der Waals surface area contributed by atoms with E-state index >= 15 is 0 Å². The van der Waals surface area contributed by atoms with Crippen molar-refractivity contribution in [2.75, 3.05) is 0 Å². The van der Waals surface area contributed by atoms with Crippen molar-refractivity contribution in [3.63, 3.8) is 0 Å². The van der Waals surface area contributed by atoms with Gasteiger partial charge < -0.3 is 0 Å². The quantitative estimate of drug-likeness (QED) is 0.516. The molecule has 0 heterocycles. The van der Waals surface area contributed by atoms with Gasteiger partial charge in [0.15, 0.2) is 0 Å². The lowest BCUT2D eigenvalue weighted by Crippen LogP contribution is -1.85. The summed E-state index contributed by atoms with van der Waals surface area (Å²) in [5, 5.41) is 0. The van der Waals surface area contributed by atoms with Crippen LogP contribution in [0.2, 0.25) is 0 Å². The van der Waals surface area contributed by atoms with Crippen LogP contribution in [0.25, 0.3) is 0 Å². The van der Waals surface area contributed by atoms with Crippen molar-refractivity contribution in [3.05, 3.63) is 35.5 Å². The summed E-state index contributed by atoms with van der Waals surface area (Å²) in [6.45, 7) is 4.28. The van der Waals surface area contributed by atoms with E-state index in [1.54, 1.807) is 0 Å². The van der Waals surface area contributed by atoms with E-state index in [9.17, 15) is 0 Å². The first kappa shape index (κ1) is 7.33. The highest BCUT2D eigenvalue weighted by molar-refractivity contribution is 5.34. The van der Waals surface area contributed by atoms with Crippen LogP contribution >= 0.6 is 0 Å². The second-order valence-corrected chi connectivity index (χ2v) is 2.53. The largest absolute Gasteiger partial charge is 0.0841 e. The standard InChI is InChI=1S/C10H14/c1-3-9-5-7-10(4-2)8-6-9/h3,5,7-8H,4,6H2,1-2H3. The summed E-state index contributed by atoms with van der Waals surface area (Å²) in [6.07, 6.45) is 11.2. The van der Waals surface area contributed by atoms with E-state index in [2.05, 4.69) is 38.2 Å². The van der Waals surface area contributed by atoms with Crippen LogP contribution < -0.4 is 0 Å². The average Bonchev–Trinajstić information content (AvgIpc) is 2.05. The van der Waals surface area contributed by atoms with Gasteiger partial charge in [0.2, 0.25) is 0 Å². The Morgan fingerprint density at radius 1 is 1.50 bits per heavy atom. The molecule has 0 spiro atoms. The fraction of sp³-hybridized carbons (Fsp3) is 0.400. The molecule has 0 heteroatoms. The maximum absolute atomic E-state index is 2.30. The number of hydrogen-bond acceptors (Lipinski definition) is 0. The zero-order chi connectivity index (χ0) is 7.40. The lowest BCUT2D eigenvalue weighted by atomic mass is 10.0. The SMILES string of the molecule is CC=C1C=CC(CC)=CC1. The minimum atomic E-state index is 1.12. The molecule has 1 aliphatic carbocycles. The summed E-state index contributed by atoms with van der Waals surface area (Å²) in [6, 6.07) is 0. The van der Waals surface area contributed by atoms with Crippen molar-refractivity contribution in [2.45, 2.75) is 26.7 Å². The average molecular weight is 134 g/mol. The van der Waals surface area contributed by atoms with E-state index in [1.807, 2.05) is 0 Å². The zero-order valence-electron chi connectivity index (χ0n) is 6.72. The van der Waals surface area contributed by atoms with E-state index in [0.717, 1.165) is 12.8 Å². The van der Waals surface area contributed by atoms with Crippen LogP contribution in [0, 0.1) is 0 Å². The summed E-state index contributed by atoms with van der Waals surface area (Å²) in [5.74, 6) is 0. The van der Waals surface area contributed by atoms with Crippen LogP contribution in [-0.2, 0) is 0 Å². The Bertz CT molecular complexity index is 192. The third-order valence-corrected chi connectivity index (χ3v) is 1.89. The molecule has 0 aromatic heterocycles. The van der Waals surface area contributed by atoms with Crippen LogP contribution in [0.1, 0.15) is 26.7 Å². The van der Waals surface area contributed by atoms with E-state index in [0.29, 0.717) is 0 Å². The number of rotatable bonds is 1. The zero-order valence-corrected chi connectivity index (χ0v) is 6.72. The van der Waals surface area contributed by atoms with Crippen molar-refractivity contribution in [1.82, 2.24) is 0 Å². The summed E-state index contributed by atoms with van der Waals surface area (Å²) < 4.78 is 0. The lowest BCUT2D eigenvalue weighted by Gasteiger charge is -2.05. The van der Waals surface area contributed by atoms with Gasteiger partial charge in [-0.25, -0.2) is 0 Å². The topological polar surface area (TPSA) is 0 Å². The first-order valence-electron chi connectivity index (χ1n) is 3.89. The summed E-state index contributed by atoms with van der Waals surface area (Å²) >= 11 is 0. The van der Waals surface area contributed by atoms with Gasteiger partial charge in [0.25, 0.3) is 0 Å². The molecule has 0 aliphatic heterocycles. The van der Waals surface area contributed by atoms with Gasteiger partial charge in [-0.15, -0.1) is 0 Å². The van der Waals surface area contributed by atoms with Crippen LogP contribution in [0.4, 0.5) is 0 Å². The Balaban J connectivity index is 2.63. The summed E-state index contributed by atoms with van der Waals surface area (Å²) in [4.78, 5) is 0. The predicted molar refractivity (Wildman–Crippen MR) is 45.9 cm³/mol. The Morgan fingerprint density at radius 3 is 2.70 bits per heavy atom. The van der Waals surface area contributed by atoms with Crippen molar-refractivity contribution < 1.29 is 0 Å². The van der Waals surface area contributed by atoms with Crippen molar-refractivity contribution in [3.8, 4) is 0 Å². The van der Waals surface area contributed by atoms with Crippen molar-refractivity contribution in [2.24, 2.45) is 0 Å². The Kier molecular flexibility index (Phi) is 2.49. The van der Waals surface area contributed by atoms with Gasteiger partial charge in [-0.1, -0.05) is 36.8 Å². The second-order valence-electron chi connectivity index (χ2n) is 2.53. The predicted octanol–water partition coefficient (Wildman–Crippen LogP) is 3.23. The maximum atomic E-state index is 2.30. The molecule has 0 aromatic rings. The van der Waals surface area contributed by atoms with Gasteiger partial charge >= 0.3 is 0 Å². The molecule has 54 valence electrons. The highest BCUT2D eigenvalue weighted by atomic mass is 14.0. The fourth-order valence-corrected chi connectivity index (χ4v) is 1.08. The van der Waals surface area contributed by atoms with Gasteiger partial charge in [-0.2, -0.15) is 0 Å². The molecule has 0 amide bonds. The molecule has 0 fully saturated rings. The molecule has 10 heavy (non-hydrogen) atoms. The molecule has 0 N–H and O–H groups in total. The normalized spacial score (nSPS) is 21.4. The molecule has 0 radical (unpaired) electrons. The summed E-state index contributed by atoms with van der Waals surface area (Å²) in [7, 11) is 0. The van der Waals surface area contributed by atoms with Crippen LogP contribution in [0.15, 0.2) is 35.5 Å². The highest BCUT2D eigenvalue weighted by Gasteiger charge is 1.96. The van der Waals surface area contributed by atoms with E-state index in [1.165, 1.54) is 11.1 Å². The number of allylic oxidation sites excluding steroid dienone is 6. The maximum Gasteiger partial charge on any atom is -0.00949 e. The number of hydrogen-bond donors (Lipinski definition) is 0. The molecule has 0 unspecified atom stereocenters. The Hall–Kier alpha value is -0.780.